The topological polar surface area (TPSA) is 68.0 Å². The molecule has 3 N–H and O–H groups in total. The van der Waals surface area contributed by atoms with Gasteiger partial charge in [-0.3, -0.25) is 9.78 Å². The summed E-state index contributed by atoms with van der Waals surface area (Å²) >= 11 is 0. The highest BCUT2D eigenvalue weighted by atomic mass is 19.4. The van der Waals surface area contributed by atoms with Gasteiger partial charge in [-0.15, -0.1) is 0 Å². The largest absolute Gasteiger partial charge is 0.416 e. The minimum Gasteiger partial charge on any atom is -0.397 e. The molecule has 110 valence electrons. The lowest BCUT2D eigenvalue weighted by atomic mass is 10.1. The summed E-state index contributed by atoms with van der Waals surface area (Å²) in [7, 11) is 0. The highest BCUT2D eigenvalue weighted by molar-refractivity contribution is 6.07. The fraction of sp³-hybridized carbons (Fsp3) is 0.143. The molecule has 0 spiro atoms. The van der Waals surface area contributed by atoms with Gasteiger partial charge in [0.15, 0.2) is 0 Å². The van der Waals surface area contributed by atoms with Crippen molar-refractivity contribution in [2.75, 3.05) is 11.1 Å². The molecule has 2 aromatic rings. The Morgan fingerprint density at radius 3 is 2.62 bits per heavy atom. The monoisotopic (exact) mass is 295 g/mol. The first-order chi connectivity index (χ1) is 9.79. The molecule has 0 aliphatic carbocycles. The normalized spacial score (nSPS) is 11.2. The Balaban J connectivity index is 2.31. The van der Waals surface area contributed by atoms with Crippen LogP contribution in [0.1, 0.15) is 21.5 Å². The van der Waals surface area contributed by atoms with Gasteiger partial charge in [-0.25, -0.2) is 0 Å². The number of hydrogen-bond acceptors (Lipinski definition) is 3. The van der Waals surface area contributed by atoms with E-state index in [4.69, 9.17) is 5.73 Å². The van der Waals surface area contributed by atoms with Crippen LogP contribution in [0, 0.1) is 6.92 Å². The molecule has 0 saturated carbocycles. The van der Waals surface area contributed by atoms with Gasteiger partial charge in [0.05, 0.1) is 23.0 Å². The number of nitrogens with one attached hydrogen (secondary N) is 1. The lowest BCUT2D eigenvalue weighted by Gasteiger charge is -2.13. The van der Waals surface area contributed by atoms with Crippen LogP contribution in [0.15, 0.2) is 36.7 Å². The van der Waals surface area contributed by atoms with Crippen molar-refractivity contribution in [3.05, 3.63) is 53.3 Å². The quantitative estimate of drug-likeness (QED) is 0.893. The van der Waals surface area contributed by atoms with Crippen molar-refractivity contribution < 1.29 is 18.0 Å². The van der Waals surface area contributed by atoms with Gasteiger partial charge in [0.25, 0.3) is 5.91 Å². The van der Waals surface area contributed by atoms with Gasteiger partial charge >= 0.3 is 6.18 Å². The molecule has 0 bridgehead atoms. The Labute approximate surface area is 118 Å². The molecule has 0 aliphatic heterocycles. The molecule has 1 amide bonds. The number of hydrogen-bond donors (Lipinski definition) is 2. The number of carbonyl (C=O) groups is 1. The second kappa shape index (κ2) is 5.43. The molecule has 1 aromatic heterocycles. The number of aryl methyl sites for hydroxylation is 1. The highest BCUT2D eigenvalue weighted by Gasteiger charge is 2.31. The summed E-state index contributed by atoms with van der Waals surface area (Å²) in [6, 6.07) is 4.55. The summed E-state index contributed by atoms with van der Waals surface area (Å²) < 4.78 is 38.0. The van der Waals surface area contributed by atoms with E-state index in [1.165, 1.54) is 24.5 Å². The maximum Gasteiger partial charge on any atom is 0.416 e. The fourth-order valence-electron chi connectivity index (χ4n) is 1.74. The van der Waals surface area contributed by atoms with Gasteiger partial charge in [-0.1, -0.05) is 6.07 Å². The molecule has 0 unspecified atom stereocenters. The molecule has 0 saturated heterocycles. The second-order valence-corrected chi connectivity index (χ2v) is 4.44. The molecular formula is C14H12F3N3O. The van der Waals surface area contributed by atoms with Crippen molar-refractivity contribution in [2.45, 2.75) is 13.1 Å². The van der Waals surface area contributed by atoms with Crippen LogP contribution in [-0.2, 0) is 6.18 Å². The molecule has 1 aromatic carbocycles. The van der Waals surface area contributed by atoms with Crippen molar-refractivity contribution >= 4 is 17.3 Å². The van der Waals surface area contributed by atoms with Crippen LogP contribution in [-0.4, -0.2) is 10.9 Å². The van der Waals surface area contributed by atoms with E-state index in [1.807, 2.05) is 0 Å². The highest BCUT2D eigenvalue weighted by Crippen LogP contribution is 2.32. The molecule has 0 radical (unpaired) electrons. The van der Waals surface area contributed by atoms with E-state index in [-0.39, 0.29) is 16.9 Å². The summed E-state index contributed by atoms with van der Waals surface area (Å²) in [5.41, 5.74) is 5.69. The molecule has 4 nitrogen and oxygen atoms in total. The molecule has 0 aliphatic rings. The van der Waals surface area contributed by atoms with Crippen LogP contribution in [0.4, 0.5) is 24.5 Å². The van der Waals surface area contributed by atoms with Gasteiger partial charge in [0.1, 0.15) is 0 Å². The lowest BCUT2D eigenvalue weighted by molar-refractivity contribution is -0.137. The summed E-state index contributed by atoms with van der Waals surface area (Å²) in [5, 5.41) is 2.43. The number of anilines is 2. The van der Waals surface area contributed by atoms with Gasteiger partial charge in [0.2, 0.25) is 0 Å². The Hall–Kier alpha value is -2.57. The maximum absolute atomic E-state index is 12.7. The zero-order valence-electron chi connectivity index (χ0n) is 11.0. The standard InChI is InChI=1S/C14H12F3N3O/c1-8-2-3-9(14(15,16)17)6-12(8)20-13(21)10-4-5-19-7-11(10)18/h2-7H,18H2,1H3,(H,20,21). The first-order valence-electron chi connectivity index (χ1n) is 5.97. The predicted octanol–water partition coefficient (Wildman–Crippen LogP) is 3.24. The Morgan fingerprint density at radius 2 is 2.00 bits per heavy atom. The Morgan fingerprint density at radius 1 is 1.29 bits per heavy atom. The third-order valence-electron chi connectivity index (χ3n) is 2.91. The Bertz CT molecular complexity index is 683. The molecule has 21 heavy (non-hydrogen) atoms. The smallest absolute Gasteiger partial charge is 0.397 e. The number of nitrogens with zero attached hydrogens (tertiary/aromatic N) is 1. The van der Waals surface area contributed by atoms with E-state index in [0.29, 0.717) is 5.56 Å². The van der Waals surface area contributed by atoms with Crippen molar-refractivity contribution in [1.82, 2.24) is 4.98 Å². The van der Waals surface area contributed by atoms with Crippen LogP contribution in [0.25, 0.3) is 0 Å². The number of rotatable bonds is 2. The van der Waals surface area contributed by atoms with Gasteiger partial charge < -0.3 is 11.1 Å². The predicted molar refractivity (Wildman–Crippen MR) is 72.8 cm³/mol. The first kappa shape index (κ1) is 14.8. The van der Waals surface area contributed by atoms with Gasteiger partial charge in [0, 0.05) is 11.9 Å². The summed E-state index contributed by atoms with van der Waals surface area (Å²) in [6.45, 7) is 1.60. The van der Waals surface area contributed by atoms with Crippen molar-refractivity contribution in [3.63, 3.8) is 0 Å². The SMILES string of the molecule is Cc1ccc(C(F)(F)F)cc1NC(=O)c1ccncc1N. The van der Waals surface area contributed by atoms with Crippen LogP contribution in [0.2, 0.25) is 0 Å². The molecule has 7 heteroatoms. The van der Waals surface area contributed by atoms with Crippen molar-refractivity contribution in [1.29, 1.82) is 0 Å². The molecular weight excluding hydrogens is 283 g/mol. The van der Waals surface area contributed by atoms with Gasteiger partial charge in [-0.05, 0) is 30.7 Å². The zero-order valence-corrected chi connectivity index (χ0v) is 11.0. The zero-order chi connectivity index (χ0) is 15.6. The summed E-state index contributed by atoms with van der Waals surface area (Å²) in [5.74, 6) is -0.586. The second-order valence-electron chi connectivity index (χ2n) is 4.44. The number of pyridine rings is 1. The number of halogens is 3. The molecule has 1 heterocycles. The van der Waals surface area contributed by atoms with E-state index >= 15 is 0 Å². The molecule has 0 fully saturated rings. The van der Waals surface area contributed by atoms with Crippen LogP contribution < -0.4 is 11.1 Å². The van der Waals surface area contributed by atoms with E-state index in [0.717, 1.165) is 12.1 Å². The van der Waals surface area contributed by atoms with Crippen LogP contribution in [0.3, 0.4) is 0 Å². The number of benzene rings is 1. The fourth-order valence-corrected chi connectivity index (χ4v) is 1.74. The Kier molecular flexibility index (Phi) is 3.84. The summed E-state index contributed by atoms with van der Waals surface area (Å²) in [6.07, 6.45) is -1.79. The number of nitrogen functional groups attached to an aromatic ring is 1. The average molecular weight is 295 g/mol. The number of alkyl halides is 3. The number of aromatic nitrogens is 1. The molecule has 2 rings (SSSR count). The average Bonchev–Trinajstić information content (AvgIpc) is 2.40. The lowest BCUT2D eigenvalue weighted by Crippen LogP contribution is -2.16. The van der Waals surface area contributed by atoms with E-state index in [1.54, 1.807) is 6.92 Å². The van der Waals surface area contributed by atoms with Crippen LogP contribution >= 0.6 is 0 Å². The van der Waals surface area contributed by atoms with E-state index in [9.17, 15) is 18.0 Å². The first-order valence-corrected chi connectivity index (χ1v) is 5.97. The minimum absolute atomic E-state index is 0.0889. The summed E-state index contributed by atoms with van der Waals surface area (Å²) in [4.78, 5) is 15.8. The van der Waals surface area contributed by atoms with Crippen molar-refractivity contribution in [3.8, 4) is 0 Å². The van der Waals surface area contributed by atoms with Crippen molar-refractivity contribution in [2.24, 2.45) is 0 Å². The number of amides is 1. The number of carbonyl (C=O) groups excluding carboxylic acids is 1. The minimum atomic E-state index is -4.47. The number of nitrogens with two attached hydrogens (primary N) is 1. The maximum atomic E-state index is 12.7. The molecule has 0 atom stereocenters. The van der Waals surface area contributed by atoms with Gasteiger partial charge in [-0.2, -0.15) is 13.2 Å². The van der Waals surface area contributed by atoms with Crippen LogP contribution in [0.5, 0.6) is 0 Å². The van der Waals surface area contributed by atoms with E-state index < -0.39 is 17.6 Å². The van der Waals surface area contributed by atoms with E-state index in [2.05, 4.69) is 10.3 Å². The third-order valence-corrected chi connectivity index (χ3v) is 2.91. The third kappa shape index (κ3) is 3.31.